The number of rotatable bonds is 7. The van der Waals surface area contributed by atoms with Crippen LogP contribution in [0.25, 0.3) is 16.9 Å². The molecule has 1 aromatic heterocycles. The molecule has 4 aromatic rings. The number of carbonyl (C=O) groups is 1. The van der Waals surface area contributed by atoms with Crippen molar-refractivity contribution in [2.45, 2.75) is 0 Å². The number of hydrogen-bond donors (Lipinski definition) is 0. The molecule has 5 rings (SSSR count). The number of amides is 1. The van der Waals surface area contributed by atoms with E-state index in [1.54, 1.807) is 44.2 Å². The molecule has 0 N–H and O–H groups in total. The number of aromatic nitrogens is 2. The van der Waals surface area contributed by atoms with E-state index < -0.39 is 0 Å². The van der Waals surface area contributed by atoms with E-state index in [2.05, 4.69) is 4.90 Å². The van der Waals surface area contributed by atoms with Crippen molar-refractivity contribution in [1.82, 2.24) is 14.7 Å². The molecule has 3 aromatic carbocycles. The average Bonchev–Trinajstić information content (AvgIpc) is 3.42. The fourth-order valence-corrected chi connectivity index (χ4v) is 4.79. The lowest BCUT2D eigenvalue weighted by Gasteiger charge is -2.36. The lowest BCUT2D eigenvalue weighted by atomic mass is 10.1. The van der Waals surface area contributed by atoms with Crippen LogP contribution < -0.4 is 19.1 Å². The Hall–Kier alpha value is -4.17. The summed E-state index contributed by atoms with van der Waals surface area (Å²) in [5.74, 6) is 2.00. The standard InChI is InChI=1S/C29H29ClN4O4/c1-36-23-9-7-21(8-10-23)32-13-15-33(16-14-32)29(35)27-19-26(25-12-11-24(37-2)18-28(25)38-3)31-34(27)22-6-4-5-20(30)17-22/h4-12,17-19H,13-16H2,1-3H3. The van der Waals surface area contributed by atoms with Crippen LogP contribution in [0.1, 0.15) is 10.5 Å². The Morgan fingerprint density at radius 3 is 2.16 bits per heavy atom. The Labute approximate surface area is 226 Å². The summed E-state index contributed by atoms with van der Waals surface area (Å²) in [5, 5.41) is 5.38. The topological polar surface area (TPSA) is 69.1 Å². The highest BCUT2D eigenvalue weighted by atomic mass is 35.5. The highest BCUT2D eigenvalue weighted by Gasteiger charge is 2.27. The van der Waals surface area contributed by atoms with Gasteiger partial charge in [0.15, 0.2) is 0 Å². The molecule has 1 aliphatic rings. The van der Waals surface area contributed by atoms with E-state index in [4.69, 9.17) is 30.9 Å². The number of hydrogen-bond acceptors (Lipinski definition) is 6. The number of ether oxygens (including phenoxy) is 3. The Kier molecular flexibility index (Phi) is 7.42. The van der Waals surface area contributed by atoms with Crippen LogP contribution in [-0.2, 0) is 0 Å². The smallest absolute Gasteiger partial charge is 0.272 e. The van der Waals surface area contributed by atoms with Crippen LogP contribution in [0.5, 0.6) is 17.2 Å². The molecule has 38 heavy (non-hydrogen) atoms. The SMILES string of the molecule is COc1ccc(N2CCN(C(=O)c3cc(-c4ccc(OC)cc4OC)nn3-c3cccc(Cl)c3)CC2)cc1. The van der Waals surface area contributed by atoms with Crippen LogP contribution in [0.2, 0.25) is 5.02 Å². The van der Waals surface area contributed by atoms with Crippen molar-refractivity contribution in [1.29, 1.82) is 0 Å². The van der Waals surface area contributed by atoms with E-state index in [9.17, 15) is 4.79 Å². The third-order valence-corrected chi connectivity index (χ3v) is 6.91. The monoisotopic (exact) mass is 532 g/mol. The van der Waals surface area contributed by atoms with E-state index in [1.807, 2.05) is 59.5 Å². The number of carbonyl (C=O) groups excluding carboxylic acids is 1. The normalized spacial score (nSPS) is 13.4. The zero-order valence-corrected chi connectivity index (χ0v) is 22.3. The number of nitrogens with zero attached hydrogens (tertiary/aromatic N) is 4. The van der Waals surface area contributed by atoms with Crippen molar-refractivity contribution in [2.24, 2.45) is 0 Å². The Morgan fingerprint density at radius 1 is 0.789 bits per heavy atom. The largest absolute Gasteiger partial charge is 0.497 e. The molecule has 0 atom stereocenters. The van der Waals surface area contributed by atoms with Crippen LogP contribution in [0.4, 0.5) is 5.69 Å². The molecule has 8 nitrogen and oxygen atoms in total. The third-order valence-electron chi connectivity index (χ3n) is 6.67. The molecule has 9 heteroatoms. The summed E-state index contributed by atoms with van der Waals surface area (Å²) < 4.78 is 17.9. The predicted octanol–water partition coefficient (Wildman–Crippen LogP) is 5.18. The van der Waals surface area contributed by atoms with E-state index in [0.717, 1.165) is 30.1 Å². The summed E-state index contributed by atoms with van der Waals surface area (Å²) >= 11 is 6.29. The molecule has 1 saturated heterocycles. The van der Waals surface area contributed by atoms with Crippen LogP contribution >= 0.6 is 11.6 Å². The first kappa shape index (κ1) is 25.5. The van der Waals surface area contributed by atoms with Gasteiger partial charge >= 0.3 is 0 Å². The molecule has 0 bridgehead atoms. The quantitative estimate of drug-likeness (QED) is 0.327. The van der Waals surface area contributed by atoms with Crippen molar-refractivity contribution in [3.8, 4) is 34.2 Å². The second kappa shape index (κ2) is 11.1. The molecule has 2 heterocycles. The first-order valence-electron chi connectivity index (χ1n) is 12.3. The lowest BCUT2D eigenvalue weighted by Crippen LogP contribution is -2.49. The predicted molar refractivity (Wildman–Crippen MR) is 148 cm³/mol. The van der Waals surface area contributed by atoms with Crippen molar-refractivity contribution in [2.75, 3.05) is 52.4 Å². The molecular weight excluding hydrogens is 504 g/mol. The molecule has 0 unspecified atom stereocenters. The van der Waals surface area contributed by atoms with Crippen molar-refractivity contribution in [3.63, 3.8) is 0 Å². The summed E-state index contributed by atoms with van der Waals surface area (Å²) in [6.07, 6.45) is 0. The van der Waals surface area contributed by atoms with Crippen LogP contribution in [0.3, 0.4) is 0 Å². The molecule has 0 aliphatic carbocycles. The maximum atomic E-state index is 13.9. The number of benzene rings is 3. The summed E-state index contributed by atoms with van der Waals surface area (Å²) in [6.45, 7) is 2.63. The molecule has 1 amide bonds. The summed E-state index contributed by atoms with van der Waals surface area (Å²) in [7, 11) is 4.86. The minimum absolute atomic E-state index is 0.0921. The van der Waals surface area contributed by atoms with Gasteiger partial charge in [0.25, 0.3) is 5.91 Å². The number of methoxy groups -OCH3 is 3. The van der Waals surface area contributed by atoms with Gasteiger partial charge in [0.1, 0.15) is 22.9 Å². The van der Waals surface area contributed by atoms with Crippen LogP contribution in [-0.4, -0.2) is 68.1 Å². The molecule has 196 valence electrons. The minimum Gasteiger partial charge on any atom is -0.497 e. The second-order valence-electron chi connectivity index (χ2n) is 8.85. The van der Waals surface area contributed by atoms with Gasteiger partial charge in [0, 0.05) is 48.5 Å². The first-order chi connectivity index (χ1) is 18.5. The molecule has 0 saturated carbocycles. The lowest BCUT2D eigenvalue weighted by molar-refractivity contribution is 0.0737. The fourth-order valence-electron chi connectivity index (χ4n) is 4.60. The van der Waals surface area contributed by atoms with Gasteiger partial charge < -0.3 is 24.0 Å². The summed E-state index contributed by atoms with van der Waals surface area (Å²) in [5.41, 5.74) is 3.64. The maximum Gasteiger partial charge on any atom is 0.272 e. The summed E-state index contributed by atoms with van der Waals surface area (Å²) in [4.78, 5) is 18.0. The number of piperazine rings is 1. The van der Waals surface area contributed by atoms with Gasteiger partial charge in [-0.3, -0.25) is 4.79 Å². The molecule has 1 fully saturated rings. The molecular formula is C29H29ClN4O4. The van der Waals surface area contributed by atoms with Gasteiger partial charge in [-0.25, -0.2) is 4.68 Å². The number of halogens is 1. The third kappa shape index (κ3) is 5.13. The van der Waals surface area contributed by atoms with Crippen LogP contribution in [0.15, 0.2) is 72.8 Å². The first-order valence-corrected chi connectivity index (χ1v) is 12.6. The zero-order chi connectivity index (χ0) is 26.6. The van der Waals surface area contributed by atoms with Gasteiger partial charge in [-0.05, 0) is 60.7 Å². The van der Waals surface area contributed by atoms with E-state index >= 15 is 0 Å². The van der Waals surface area contributed by atoms with Gasteiger partial charge in [-0.15, -0.1) is 0 Å². The maximum absolute atomic E-state index is 13.9. The Morgan fingerprint density at radius 2 is 1.50 bits per heavy atom. The van der Waals surface area contributed by atoms with Crippen molar-refractivity contribution >= 4 is 23.2 Å². The minimum atomic E-state index is -0.0921. The van der Waals surface area contributed by atoms with Gasteiger partial charge in [0.05, 0.1) is 32.7 Å². The van der Waals surface area contributed by atoms with Gasteiger partial charge in [-0.2, -0.15) is 5.10 Å². The molecule has 0 spiro atoms. The highest BCUT2D eigenvalue weighted by Crippen LogP contribution is 2.34. The second-order valence-corrected chi connectivity index (χ2v) is 9.29. The average molecular weight is 533 g/mol. The van der Waals surface area contributed by atoms with E-state index in [1.165, 1.54) is 0 Å². The molecule has 0 radical (unpaired) electrons. The zero-order valence-electron chi connectivity index (χ0n) is 21.6. The van der Waals surface area contributed by atoms with Gasteiger partial charge in [-0.1, -0.05) is 17.7 Å². The highest BCUT2D eigenvalue weighted by molar-refractivity contribution is 6.30. The van der Waals surface area contributed by atoms with Crippen LogP contribution in [0, 0.1) is 0 Å². The molecule has 1 aliphatic heterocycles. The Bertz CT molecular complexity index is 1430. The summed E-state index contributed by atoms with van der Waals surface area (Å²) in [6, 6.07) is 22.6. The number of anilines is 1. The van der Waals surface area contributed by atoms with E-state index in [-0.39, 0.29) is 5.91 Å². The van der Waals surface area contributed by atoms with Crippen molar-refractivity contribution < 1.29 is 19.0 Å². The van der Waals surface area contributed by atoms with E-state index in [0.29, 0.717) is 46.7 Å². The fraction of sp³-hybridized carbons (Fsp3) is 0.241. The van der Waals surface area contributed by atoms with Crippen molar-refractivity contribution in [3.05, 3.63) is 83.5 Å². The Balaban J connectivity index is 1.45. The van der Waals surface area contributed by atoms with Gasteiger partial charge in [0.2, 0.25) is 0 Å².